The number of rotatable bonds is 10. The van der Waals surface area contributed by atoms with Crippen LogP contribution >= 0.6 is 0 Å². The molecule has 0 radical (unpaired) electrons. The zero-order valence-electron chi connectivity index (χ0n) is 14.2. The van der Waals surface area contributed by atoms with Crippen molar-refractivity contribution in [2.45, 2.75) is 121 Å². The van der Waals surface area contributed by atoms with Crippen LogP contribution in [0.25, 0.3) is 0 Å². The third kappa shape index (κ3) is 6.28. The monoisotopic (exact) mass is 295 g/mol. The van der Waals surface area contributed by atoms with Crippen LogP contribution in [-0.2, 0) is 0 Å². The van der Waals surface area contributed by atoms with Crippen LogP contribution in [0.15, 0.2) is 0 Å². The summed E-state index contributed by atoms with van der Waals surface area (Å²) in [5.41, 5.74) is -0.345. The molecule has 2 heterocycles. The highest BCUT2D eigenvalue weighted by Crippen LogP contribution is 2.35. The summed E-state index contributed by atoms with van der Waals surface area (Å²) in [4.78, 5) is 0. The van der Waals surface area contributed by atoms with Crippen LogP contribution in [-0.4, -0.2) is 22.8 Å². The smallest absolute Gasteiger partial charge is 0.0677 e. The van der Waals surface area contributed by atoms with Gasteiger partial charge in [-0.2, -0.15) is 0 Å². The van der Waals surface area contributed by atoms with Crippen molar-refractivity contribution in [3.63, 3.8) is 0 Å². The van der Waals surface area contributed by atoms with Crippen molar-refractivity contribution < 1.29 is 5.11 Å². The Bertz CT molecular complexity index is 267. The molecule has 2 aliphatic heterocycles. The zero-order valence-corrected chi connectivity index (χ0v) is 14.2. The Kier molecular flexibility index (Phi) is 7.53. The van der Waals surface area contributed by atoms with Gasteiger partial charge >= 0.3 is 0 Å². The molecule has 21 heavy (non-hydrogen) atoms. The minimum absolute atomic E-state index is 0.345. The number of hydrogen-bond donors (Lipinski definition) is 2. The van der Waals surface area contributed by atoms with Crippen LogP contribution in [0.1, 0.15) is 103 Å². The van der Waals surface area contributed by atoms with Crippen LogP contribution < -0.4 is 5.32 Å². The quantitative estimate of drug-likeness (QED) is 0.559. The molecule has 0 aromatic carbocycles. The van der Waals surface area contributed by atoms with Gasteiger partial charge in [-0.25, -0.2) is 0 Å². The van der Waals surface area contributed by atoms with Gasteiger partial charge in [-0.1, -0.05) is 71.1 Å². The van der Waals surface area contributed by atoms with E-state index in [0.717, 1.165) is 19.3 Å². The predicted molar refractivity (Wildman–Crippen MR) is 90.6 cm³/mol. The third-order valence-corrected chi connectivity index (χ3v) is 5.57. The topological polar surface area (TPSA) is 32.3 Å². The maximum atomic E-state index is 10.8. The minimum Gasteiger partial charge on any atom is -0.390 e. The molecule has 0 aromatic rings. The van der Waals surface area contributed by atoms with E-state index in [1.165, 1.54) is 77.0 Å². The molecular weight excluding hydrogens is 258 g/mol. The first-order chi connectivity index (χ1) is 10.2. The summed E-state index contributed by atoms with van der Waals surface area (Å²) < 4.78 is 0. The molecule has 2 fully saturated rings. The van der Waals surface area contributed by atoms with Gasteiger partial charge in [0.05, 0.1) is 5.60 Å². The van der Waals surface area contributed by atoms with Crippen molar-refractivity contribution in [2.24, 2.45) is 0 Å². The lowest BCUT2D eigenvalue weighted by Crippen LogP contribution is -2.55. The van der Waals surface area contributed by atoms with E-state index in [1.54, 1.807) is 0 Å². The van der Waals surface area contributed by atoms with Crippen molar-refractivity contribution >= 4 is 0 Å². The second-order valence-corrected chi connectivity index (χ2v) is 7.70. The first-order valence-electron chi connectivity index (χ1n) is 9.70. The maximum absolute atomic E-state index is 10.8. The molecule has 2 unspecified atom stereocenters. The van der Waals surface area contributed by atoms with Crippen LogP contribution in [0.5, 0.6) is 0 Å². The Balaban J connectivity index is 1.50. The van der Waals surface area contributed by atoms with Gasteiger partial charge in [0.2, 0.25) is 0 Å². The molecule has 0 saturated carbocycles. The van der Waals surface area contributed by atoms with Crippen LogP contribution in [0.2, 0.25) is 0 Å². The van der Waals surface area contributed by atoms with Crippen molar-refractivity contribution in [1.29, 1.82) is 0 Å². The molecule has 2 nitrogen and oxygen atoms in total. The largest absolute Gasteiger partial charge is 0.390 e. The molecule has 2 heteroatoms. The van der Waals surface area contributed by atoms with Crippen molar-refractivity contribution in [3.05, 3.63) is 0 Å². The van der Waals surface area contributed by atoms with E-state index in [9.17, 15) is 5.11 Å². The van der Waals surface area contributed by atoms with E-state index < -0.39 is 0 Å². The molecule has 2 bridgehead atoms. The number of nitrogens with one attached hydrogen (secondary N) is 1. The van der Waals surface area contributed by atoms with Crippen molar-refractivity contribution in [3.8, 4) is 0 Å². The average Bonchev–Trinajstić information content (AvgIpc) is 2.45. The molecule has 2 saturated heterocycles. The fraction of sp³-hybridized carbons (Fsp3) is 1.00. The van der Waals surface area contributed by atoms with Gasteiger partial charge in [-0.05, 0) is 32.1 Å². The molecule has 2 N–H and O–H groups in total. The van der Waals surface area contributed by atoms with Crippen molar-refractivity contribution in [1.82, 2.24) is 5.32 Å². The summed E-state index contributed by atoms with van der Waals surface area (Å²) in [7, 11) is 0. The van der Waals surface area contributed by atoms with E-state index in [1.807, 2.05) is 0 Å². The molecule has 2 aliphatic rings. The van der Waals surface area contributed by atoms with E-state index in [-0.39, 0.29) is 5.60 Å². The van der Waals surface area contributed by atoms with Crippen LogP contribution in [0.4, 0.5) is 0 Å². The first kappa shape index (κ1) is 17.3. The molecular formula is C19H37NO. The second-order valence-electron chi connectivity index (χ2n) is 7.70. The van der Waals surface area contributed by atoms with Gasteiger partial charge in [-0.3, -0.25) is 0 Å². The lowest BCUT2D eigenvalue weighted by molar-refractivity contribution is -0.0387. The summed E-state index contributed by atoms with van der Waals surface area (Å²) in [6, 6.07) is 1.20. The van der Waals surface area contributed by atoms with Crippen LogP contribution in [0, 0.1) is 0 Å². The van der Waals surface area contributed by atoms with E-state index >= 15 is 0 Å². The van der Waals surface area contributed by atoms with Crippen molar-refractivity contribution in [2.75, 3.05) is 0 Å². The maximum Gasteiger partial charge on any atom is 0.0677 e. The van der Waals surface area contributed by atoms with Gasteiger partial charge in [0.15, 0.2) is 0 Å². The normalized spacial score (nSPS) is 32.3. The summed E-state index contributed by atoms with van der Waals surface area (Å²) in [5, 5.41) is 14.5. The number of piperidine rings is 2. The summed E-state index contributed by atoms with van der Waals surface area (Å²) in [6.45, 7) is 2.28. The van der Waals surface area contributed by atoms with E-state index in [2.05, 4.69) is 12.2 Å². The fourth-order valence-electron chi connectivity index (χ4n) is 4.40. The highest BCUT2D eigenvalue weighted by atomic mass is 16.3. The highest BCUT2D eigenvalue weighted by molar-refractivity contribution is 4.97. The Morgan fingerprint density at radius 1 is 0.857 bits per heavy atom. The lowest BCUT2D eigenvalue weighted by atomic mass is 9.75. The minimum atomic E-state index is -0.345. The lowest BCUT2D eigenvalue weighted by Gasteiger charge is -2.45. The first-order valence-corrected chi connectivity index (χ1v) is 9.70. The number of unbranched alkanes of at least 4 members (excludes halogenated alkanes) is 8. The highest BCUT2D eigenvalue weighted by Gasteiger charge is 2.39. The zero-order chi connectivity index (χ0) is 15.0. The molecule has 0 amide bonds. The Morgan fingerprint density at radius 3 is 1.95 bits per heavy atom. The predicted octanol–water partition coefficient (Wildman–Crippen LogP) is 4.94. The van der Waals surface area contributed by atoms with E-state index in [0.29, 0.717) is 12.1 Å². The van der Waals surface area contributed by atoms with Gasteiger partial charge < -0.3 is 10.4 Å². The summed E-state index contributed by atoms with van der Waals surface area (Å²) in [5.74, 6) is 0. The number of fused-ring (bicyclic) bond motifs is 2. The number of aliphatic hydroxyl groups is 1. The molecule has 0 aromatic heterocycles. The van der Waals surface area contributed by atoms with Gasteiger partial charge in [0.25, 0.3) is 0 Å². The SMILES string of the molecule is CCCCCCCCCCCC1(O)CC2CCCC(C1)N2. The standard InChI is InChI=1S/C19H37NO/c1-2-3-4-5-6-7-8-9-10-14-19(21)15-17-12-11-13-18(16-19)20-17/h17-18,20-21H,2-16H2,1H3. The third-order valence-electron chi connectivity index (χ3n) is 5.57. The molecule has 0 spiro atoms. The van der Waals surface area contributed by atoms with E-state index in [4.69, 9.17) is 0 Å². The molecule has 124 valence electrons. The molecule has 2 atom stereocenters. The average molecular weight is 296 g/mol. The molecule has 0 aliphatic carbocycles. The van der Waals surface area contributed by atoms with Gasteiger partial charge in [-0.15, -0.1) is 0 Å². The van der Waals surface area contributed by atoms with Gasteiger partial charge in [0, 0.05) is 12.1 Å². The second kappa shape index (κ2) is 9.15. The van der Waals surface area contributed by atoms with Gasteiger partial charge in [0.1, 0.15) is 0 Å². The Hall–Kier alpha value is -0.0800. The molecule has 2 rings (SSSR count). The number of hydrogen-bond acceptors (Lipinski definition) is 2. The van der Waals surface area contributed by atoms with Crippen LogP contribution in [0.3, 0.4) is 0 Å². The Labute approximate surface area is 132 Å². The summed E-state index contributed by atoms with van der Waals surface area (Å²) >= 11 is 0. The Morgan fingerprint density at radius 2 is 1.38 bits per heavy atom. The summed E-state index contributed by atoms with van der Waals surface area (Å²) in [6.07, 6.45) is 19.3. The fourth-order valence-corrected chi connectivity index (χ4v) is 4.40.